The number of hydrogen-bond donors (Lipinski definition) is 0. The lowest BCUT2D eigenvalue weighted by molar-refractivity contribution is -0.122. The number of carbonyl (C=O) groups is 1. The minimum atomic E-state index is -0.606. The van der Waals surface area contributed by atoms with Crippen molar-refractivity contribution in [3.05, 3.63) is 39.2 Å². The Bertz CT molecular complexity index is 718. The maximum absolute atomic E-state index is 11.5. The van der Waals surface area contributed by atoms with Crippen molar-refractivity contribution in [1.82, 2.24) is 0 Å². The Morgan fingerprint density at radius 3 is 2.70 bits per heavy atom. The van der Waals surface area contributed by atoms with Gasteiger partial charge in [-0.15, -0.1) is 0 Å². The van der Waals surface area contributed by atoms with E-state index in [4.69, 9.17) is 20.8 Å². The molecule has 0 N–H and O–H groups in total. The molecule has 0 saturated heterocycles. The van der Waals surface area contributed by atoms with E-state index in [2.05, 4.69) is 0 Å². The van der Waals surface area contributed by atoms with Crippen LogP contribution < -0.4 is 10.4 Å². The molecule has 4 nitrogen and oxygen atoms in total. The SMILES string of the molecule is CCc1cc(=O)oc2cc(OC(C)C(C)=O)c(Cl)cc12. The van der Waals surface area contributed by atoms with Crippen molar-refractivity contribution >= 4 is 28.4 Å². The van der Waals surface area contributed by atoms with Gasteiger partial charge in [-0.05, 0) is 31.9 Å². The second-order valence-electron chi connectivity index (χ2n) is 4.59. The van der Waals surface area contributed by atoms with E-state index in [1.165, 1.54) is 13.0 Å². The summed E-state index contributed by atoms with van der Waals surface area (Å²) in [6.45, 7) is 5.03. The molecule has 1 aromatic heterocycles. The second kappa shape index (κ2) is 5.67. The van der Waals surface area contributed by atoms with Crippen LogP contribution in [0.15, 0.2) is 27.4 Å². The first kappa shape index (κ1) is 14.6. The van der Waals surface area contributed by atoms with Crippen molar-refractivity contribution in [1.29, 1.82) is 0 Å². The van der Waals surface area contributed by atoms with Crippen molar-refractivity contribution in [2.45, 2.75) is 33.3 Å². The molecule has 0 saturated carbocycles. The number of rotatable bonds is 4. The molecule has 0 aliphatic rings. The minimum absolute atomic E-state index is 0.107. The van der Waals surface area contributed by atoms with Crippen LogP contribution in [0, 0.1) is 0 Å². The molecule has 0 bridgehead atoms. The minimum Gasteiger partial charge on any atom is -0.481 e. The van der Waals surface area contributed by atoms with Gasteiger partial charge in [0.25, 0.3) is 0 Å². The monoisotopic (exact) mass is 294 g/mol. The lowest BCUT2D eigenvalue weighted by atomic mass is 10.1. The molecule has 0 aliphatic carbocycles. The van der Waals surface area contributed by atoms with Gasteiger partial charge in [0.15, 0.2) is 11.9 Å². The summed E-state index contributed by atoms with van der Waals surface area (Å²) in [5, 5.41) is 1.16. The lowest BCUT2D eigenvalue weighted by Crippen LogP contribution is -2.20. The third-order valence-corrected chi connectivity index (χ3v) is 3.44. The smallest absolute Gasteiger partial charge is 0.336 e. The van der Waals surface area contributed by atoms with Gasteiger partial charge in [-0.1, -0.05) is 18.5 Å². The summed E-state index contributed by atoms with van der Waals surface area (Å²) < 4.78 is 10.6. The van der Waals surface area contributed by atoms with Crippen LogP contribution in [0.4, 0.5) is 0 Å². The van der Waals surface area contributed by atoms with E-state index < -0.39 is 11.7 Å². The van der Waals surface area contributed by atoms with Crippen molar-refractivity contribution < 1.29 is 13.9 Å². The first-order valence-corrected chi connectivity index (χ1v) is 6.73. The van der Waals surface area contributed by atoms with Crippen LogP contribution >= 0.6 is 11.6 Å². The van der Waals surface area contributed by atoms with Gasteiger partial charge in [-0.2, -0.15) is 0 Å². The third kappa shape index (κ3) is 2.85. The fraction of sp³-hybridized carbons (Fsp3) is 0.333. The molecule has 2 aromatic rings. The van der Waals surface area contributed by atoms with Crippen LogP contribution in [0.3, 0.4) is 0 Å². The van der Waals surface area contributed by atoms with E-state index in [0.29, 0.717) is 22.8 Å². The second-order valence-corrected chi connectivity index (χ2v) is 5.00. The van der Waals surface area contributed by atoms with Gasteiger partial charge >= 0.3 is 5.63 Å². The van der Waals surface area contributed by atoms with Crippen LogP contribution in [0.1, 0.15) is 26.3 Å². The van der Waals surface area contributed by atoms with Crippen molar-refractivity contribution in [2.75, 3.05) is 0 Å². The molecule has 0 fully saturated rings. The molecule has 0 spiro atoms. The average Bonchev–Trinajstić information content (AvgIpc) is 2.39. The Morgan fingerprint density at radius 2 is 2.10 bits per heavy atom. The number of fused-ring (bicyclic) bond motifs is 1. The van der Waals surface area contributed by atoms with Gasteiger partial charge in [0.05, 0.1) is 5.02 Å². The standard InChI is InChI=1S/C15H15ClO4/c1-4-10-5-15(18)20-13-7-14(12(16)6-11(10)13)19-9(3)8(2)17/h5-7,9H,4H2,1-3H3. The first-order chi connectivity index (χ1) is 9.42. The highest BCUT2D eigenvalue weighted by Crippen LogP contribution is 2.32. The van der Waals surface area contributed by atoms with E-state index in [9.17, 15) is 9.59 Å². The summed E-state index contributed by atoms with van der Waals surface area (Å²) in [5.41, 5.74) is 0.857. The topological polar surface area (TPSA) is 56.5 Å². The fourth-order valence-electron chi connectivity index (χ4n) is 1.88. The fourth-order valence-corrected chi connectivity index (χ4v) is 2.09. The summed E-state index contributed by atoms with van der Waals surface area (Å²) >= 11 is 6.16. The summed E-state index contributed by atoms with van der Waals surface area (Å²) in [6.07, 6.45) is 0.0914. The number of benzene rings is 1. The van der Waals surface area contributed by atoms with Gasteiger partial charge < -0.3 is 9.15 Å². The zero-order chi connectivity index (χ0) is 14.9. The van der Waals surface area contributed by atoms with Gasteiger partial charge in [-0.3, -0.25) is 4.79 Å². The van der Waals surface area contributed by atoms with Crippen LogP contribution in [0.2, 0.25) is 5.02 Å². The Kier molecular flexibility index (Phi) is 4.14. The maximum atomic E-state index is 11.5. The Balaban J connectivity index is 2.57. The maximum Gasteiger partial charge on any atom is 0.336 e. The number of carbonyl (C=O) groups excluding carboxylic acids is 1. The summed E-state index contributed by atoms with van der Waals surface area (Å²) in [7, 11) is 0. The predicted molar refractivity (Wildman–Crippen MR) is 77.6 cm³/mol. The van der Waals surface area contributed by atoms with Gasteiger partial charge in [0.1, 0.15) is 11.3 Å². The molecule has 1 atom stereocenters. The van der Waals surface area contributed by atoms with Crippen LogP contribution in [0.5, 0.6) is 5.75 Å². The Labute approximate surface area is 121 Å². The number of ketones is 1. The molecule has 5 heteroatoms. The first-order valence-electron chi connectivity index (χ1n) is 6.35. The van der Waals surface area contributed by atoms with Gasteiger partial charge in [0.2, 0.25) is 0 Å². The highest BCUT2D eigenvalue weighted by atomic mass is 35.5. The normalized spacial score (nSPS) is 12.4. The molecule has 0 radical (unpaired) electrons. The average molecular weight is 295 g/mol. The van der Waals surface area contributed by atoms with Gasteiger partial charge in [0, 0.05) is 17.5 Å². The molecule has 1 unspecified atom stereocenters. The summed E-state index contributed by atoms with van der Waals surface area (Å²) in [6, 6.07) is 4.70. The summed E-state index contributed by atoms with van der Waals surface area (Å²) in [4.78, 5) is 22.7. The van der Waals surface area contributed by atoms with E-state index >= 15 is 0 Å². The molecule has 106 valence electrons. The number of aryl methyl sites for hydroxylation is 1. The predicted octanol–water partition coefficient (Wildman–Crippen LogP) is 3.37. The quantitative estimate of drug-likeness (QED) is 0.811. The Morgan fingerprint density at radius 1 is 1.40 bits per heavy atom. The van der Waals surface area contributed by atoms with E-state index in [0.717, 1.165) is 10.9 Å². The highest BCUT2D eigenvalue weighted by molar-refractivity contribution is 6.32. The molecule has 2 rings (SSSR count). The molecule has 1 aromatic carbocycles. The van der Waals surface area contributed by atoms with Crippen LogP contribution in [-0.2, 0) is 11.2 Å². The zero-order valence-electron chi connectivity index (χ0n) is 11.5. The highest BCUT2D eigenvalue weighted by Gasteiger charge is 2.14. The number of halogens is 1. The number of ether oxygens (including phenoxy) is 1. The molecular formula is C15H15ClO4. The molecule has 0 amide bonds. The van der Waals surface area contributed by atoms with Crippen molar-refractivity contribution in [2.24, 2.45) is 0 Å². The summed E-state index contributed by atoms with van der Waals surface area (Å²) in [5.74, 6) is 0.225. The van der Waals surface area contributed by atoms with E-state index in [1.807, 2.05) is 6.92 Å². The Hall–Kier alpha value is -1.81. The van der Waals surface area contributed by atoms with Crippen LogP contribution in [0.25, 0.3) is 11.0 Å². The van der Waals surface area contributed by atoms with Crippen molar-refractivity contribution in [3.8, 4) is 5.75 Å². The number of Topliss-reactive ketones (excluding diaryl/α,β-unsaturated/α-hetero) is 1. The largest absolute Gasteiger partial charge is 0.481 e. The van der Waals surface area contributed by atoms with E-state index in [-0.39, 0.29) is 5.78 Å². The molecule has 1 heterocycles. The lowest BCUT2D eigenvalue weighted by Gasteiger charge is -2.14. The molecule has 0 aliphatic heterocycles. The van der Waals surface area contributed by atoms with Crippen molar-refractivity contribution in [3.63, 3.8) is 0 Å². The van der Waals surface area contributed by atoms with E-state index in [1.54, 1.807) is 19.1 Å². The van der Waals surface area contributed by atoms with Crippen LogP contribution in [-0.4, -0.2) is 11.9 Å². The third-order valence-electron chi connectivity index (χ3n) is 3.14. The molecule has 20 heavy (non-hydrogen) atoms. The van der Waals surface area contributed by atoms with Gasteiger partial charge in [-0.25, -0.2) is 4.79 Å². The molecular weight excluding hydrogens is 280 g/mol. The number of hydrogen-bond acceptors (Lipinski definition) is 4. The zero-order valence-corrected chi connectivity index (χ0v) is 12.3.